The fourth-order valence-corrected chi connectivity index (χ4v) is 2.65. The molecule has 0 atom stereocenters. The van der Waals surface area contributed by atoms with Crippen molar-refractivity contribution in [2.24, 2.45) is 5.92 Å². The zero-order valence-corrected chi connectivity index (χ0v) is 13.8. The van der Waals surface area contributed by atoms with Gasteiger partial charge in [0.05, 0.1) is 12.0 Å². The maximum atomic E-state index is 12.3. The molecule has 0 spiro atoms. The van der Waals surface area contributed by atoms with Crippen molar-refractivity contribution in [3.8, 4) is 5.75 Å². The van der Waals surface area contributed by atoms with E-state index in [4.69, 9.17) is 9.84 Å². The average Bonchev–Trinajstić information content (AvgIpc) is 2.49. The van der Waals surface area contributed by atoms with Gasteiger partial charge in [-0.25, -0.2) is 4.79 Å². The van der Waals surface area contributed by atoms with Gasteiger partial charge in [0.25, 0.3) is 0 Å². The molecule has 1 fully saturated rings. The largest absolute Gasteiger partial charge is 0.491 e. The molecule has 2 amide bonds. The summed E-state index contributed by atoms with van der Waals surface area (Å²) in [5, 5.41) is 11.8. The number of carbonyl (C=O) groups is 2. The maximum absolute atomic E-state index is 12.3. The molecule has 2 rings (SSSR count). The van der Waals surface area contributed by atoms with E-state index >= 15 is 0 Å². The van der Waals surface area contributed by atoms with Crippen molar-refractivity contribution in [2.75, 3.05) is 18.4 Å². The van der Waals surface area contributed by atoms with Crippen LogP contribution in [0.1, 0.15) is 32.3 Å². The number of anilines is 1. The van der Waals surface area contributed by atoms with E-state index in [-0.39, 0.29) is 18.1 Å². The number of nitrogens with one attached hydrogen (secondary N) is 1. The Bertz CT molecular complexity index is 578. The number of amides is 2. The molecule has 126 valence electrons. The van der Waals surface area contributed by atoms with Crippen LogP contribution >= 0.6 is 0 Å². The van der Waals surface area contributed by atoms with Crippen molar-refractivity contribution >= 4 is 17.7 Å². The Morgan fingerprint density at radius 1 is 1.30 bits per heavy atom. The molecule has 6 nitrogen and oxygen atoms in total. The van der Waals surface area contributed by atoms with Crippen molar-refractivity contribution in [3.63, 3.8) is 0 Å². The molecule has 0 bridgehead atoms. The molecule has 6 heteroatoms. The summed E-state index contributed by atoms with van der Waals surface area (Å²) in [6.45, 7) is 6.81. The van der Waals surface area contributed by atoms with Crippen LogP contribution in [0.3, 0.4) is 0 Å². The van der Waals surface area contributed by atoms with E-state index in [1.165, 1.54) is 0 Å². The Labute approximate surface area is 136 Å². The monoisotopic (exact) mass is 320 g/mol. The fourth-order valence-electron chi connectivity index (χ4n) is 2.65. The number of carboxylic acid groups (broad SMARTS) is 1. The number of likely N-dealkylation sites (tertiary alicyclic amines) is 1. The molecule has 1 aromatic carbocycles. The Morgan fingerprint density at radius 3 is 2.48 bits per heavy atom. The van der Waals surface area contributed by atoms with Gasteiger partial charge in [-0.2, -0.15) is 0 Å². The second-order valence-electron chi connectivity index (χ2n) is 6.18. The molecule has 0 saturated carbocycles. The second-order valence-corrected chi connectivity index (χ2v) is 6.18. The van der Waals surface area contributed by atoms with Gasteiger partial charge in [0.1, 0.15) is 5.75 Å². The maximum Gasteiger partial charge on any atom is 0.321 e. The Hall–Kier alpha value is -2.24. The number of urea groups is 1. The van der Waals surface area contributed by atoms with Gasteiger partial charge in [-0.1, -0.05) is 0 Å². The molecule has 2 N–H and O–H groups in total. The zero-order valence-electron chi connectivity index (χ0n) is 13.8. The summed E-state index contributed by atoms with van der Waals surface area (Å²) in [6.07, 6.45) is 1.11. The number of carboxylic acids is 1. The normalized spacial score (nSPS) is 15.6. The number of ether oxygens (including phenoxy) is 1. The molecule has 0 radical (unpaired) electrons. The number of nitrogens with zero attached hydrogens (tertiary/aromatic N) is 1. The summed E-state index contributed by atoms with van der Waals surface area (Å²) in [5.41, 5.74) is 1.67. The second kappa shape index (κ2) is 7.35. The topological polar surface area (TPSA) is 78.9 Å². The molecular weight excluding hydrogens is 296 g/mol. The SMILES string of the molecule is Cc1cc(NC(=O)N2CCC(C(=O)O)CC2)ccc1OC(C)C. The van der Waals surface area contributed by atoms with E-state index in [1.54, 1.807) is 4.90 Å². The number of rotatable bonds is 4. The van der Waals surface area contributed by atoms with Crippen LogP contribution in [0.2, 0.25) is 0 Å². The van der Waals surface area contributed by atoms with Crippen LogP contribution in [0.4, 0.5) is 10.5 Å². The Balaban J connectivity index is 1.93. The highest BCUT2D eigenvalue weighted by Gasteiger charge is 2.26. The number of hydrogen-bond acceptors (Lipinski definition) is 3. The minimum atomic E-state index is -0.776. The highest BCUT2D eigenvalue weighted by Crippen LogP contribution is 2.24. The predicted molar refractivity (Wildman–Crippen MR) is 87.9 cm³/mol. The van der Waals surface area contributed by atoms with Crippen LogP contribution in [0.5, 0.6) is 5.75 Å². The van der Waals surface area contributed by atoms with Crippen LogP contribution in [0.25, 0.3) is 0 Å². The van der Waals surface area contributed by atoms with Gasteiger partial charge in [-0.15, -0.1) is 0 Å². The smallest absolute Gasteiger partial charge is 0.321 e. The summed E-state index contributed by atoms with van der Waals surface area (Å²) in [5.74, 6) is -0.310. The van der Waals surface area contributed by atoms with Gasteiger partial charge in [0, 0.05) is 18.8 Å². The minimum Gasteiger partial charge on any atom is -0.491 e. The highest BCUT2D eigenvalue weighted by molar-refractivity contribution is 5.89. The Morgan fingerprint density at radius 2 is 1.96 bits per heavy atom. The van der Waals surface area contributed by atoms with E-state index in [9.17, 15) is 9.59 Å². The minimum absolute atomic E-state index is 0.102. The third-order valence-corrected chi connectivity index (χ3v) is 3.92. The average molecular weight is 320 g/mol. The van der Waals surface area contributed by atoms with Crippen molar-refractivity contribution in [1.29, 1.82) is 0 Å². The zero-order chi connectivity index (χ0) is 17.0. The molecule has 1 aliphatic heterocycles. The van der Waals surface area contributed by atoms with Gasteiger partial charge in [-0.05, 0) is 57.4 Å². The summed E-state index contributed by atoms with van der Waals surface area (Å²) >= 11 is 0. The first kappa shape index (κ1) is 17.1. The van der Waals surface area contributed by atoms with Gasteiger partial charge < -0.3 is 20.1 Å². The van der Waals surface area contributed by atoms with Crippen LogP contribution in [0.15, 0.2) is 18.2 Å². The number of piperidine rings is 1. The third-order valence-electron chi connectivity index (χ3n) is 3.92. The molecule has 0 aliphatic carbocycles. The van der Waals surface area contributed by atoms with E-state index in [1.807, 2.05) is 39.0 Å². The van der Waals surface area contributed by atoms with Crippen molar-refractivity contribution < 1.29 is 19.4 Å². The molecule has 1 aliphatic rings. The first-order valence-corrected chi connectivity index (χ1v) is 7.93. The summed E-state index contributed by atoms with van der Waals surface area (Å²) < 4.78 is 5.68. The van der Waals surface area contributed by atoms with E-state index in [0.29, 0.717) is 31.6 Å². The lowest BCUT2D eigenvalue weighted by molar-refractivity contribution is -0.143. The van der Waals surface area contributed by atoms with E-state index in [0.717, 1.165) is 11.3 Å². The summed E-state index contributed by atoms with van der Waals surface area (Å²) in [4.78, 5) is 24.9. The highest BCUT2D eigenvalue weighted by atomic mass is 16.5. The van der Waals surface area contributed by atoms with Crippen LogP contribution in [-0.2, 0) is 4.79 Å². The van der Waals surface area contributed by atoms with E-state index in [2.05, 4.69) is 5.32 Å². The molecule has 1 aromatic rings. The molecule has 23 heavy (non-hydrogen) atoms. The predicted octanol–water partition coefficient (Wildman–Crippen LogP) is 3.11. The quantitative estimate of drug-likeness (QED) is 0.893. The Kier molecular flexibility index (Phi) is 5.47. The van der Waals surface area contributed by atoms with Crippen molar-refractivity contribution in [1.82, 2.24) is 4.90 Å². The van der Waals surface area contributed by atoms with Gasteiger partial charge in [-0.3, -0.25) is 4.79 Å². The van der Waals surface area contributed by atoms with Gasteiger partial charge in [0.2, 0.25) is 0 Å². The summed E-state index contributed by atoms with van der Waals surface area (Å²) in [7, 11) is 0. The molecule has 0 aromatic heterocycles. The molecule has 1 heterocycles. The van der Waals surface area contributed by atoms with Crippen molar-refractivity contribution in [2.45, 2.75) is 39.7 Å². The number of hydrogen-bond donors (Lipinski definition) is 2. The van der Waals surface area contributed by atoms with Crippen molar-refractivity contribution in [3.05, 3.63) is 23.8 Å². The standard InChI is InChI=1S/C17H24N2O4/c1-11(2)23-15-5-4-14(10-12(15)3)18-17(22)19-8-6-13(7-9-19)16(20)21/h4-5,10-11,13H,6-9H2,1-3H3,(H,18,22)(H,20,21). The third kappa shape index (κ3) is 4.61. The van der Waals surface area contributed by atoms with Gasteiger partial charge in [0.15, 0.2) is 0 Å². The van der Waals surface area contributed by atoms with Crippen LogP contribution in [0, 0.1) is 12.8 Å². The first-order chi connectivity index (χ1) is 10.9. The first-order valence-electron chi connectivity index (χ1n) is 7.93. The van der Waals surface area contributed by atoms with E-state index < -0.39 is 5.97 Å². The lowest BCUT2D eigenvalue weighted by Crippen LogP contribution is -2.42. The lowest BCUT2D eigenvalue weighted by atomic mass is 9.97. The number of benzene rings is 1. The lowest BCUT2D eigenvalue weighted by Gasteiger charge is -2.30. The molecule has 0 unspecified atom stereocenters. The number of aliphatic carboxylic acids is 1. The molecular formula is C17H24N2O4. The molecule has 1 saturated heterocycles. The number of carbonyl (C=O) groups excluding carboxylic acids is 1. The van der Waals surface area contributed by atoms with Crippen LogP contribution in [-0.4, -0.2) is 41.2 Å². The van der Waals surface area contributed by atoms with Gasteiger partial charge >= 0.3 is 12.0 Å². The fraction of sp³-hybridized carbons (Fsp3) is 0.529. The van der Waals surface area contributed by atoms with Crippen LogP contribution < -0.4 is 10.1 Å². The number of aryl methyl sites for hydroxylation is 1. The summed E-state index contributed by atoms with van der Waals surface area (Å²) in [6, 6.07) is 5.35.